The first kappa shape index (κ1) is 20.4. The molecule has 5 rings (SSSR count). The van der Waals surface area contributed by atoms with Gasteiger partial charge in [0.1, 0.15) is 5.82 Å². The monoisotopic (exact) mass is 423 g/mol. The Kier molecular flexibility index (Phi) is 4.96. The summed E-state index contributed by atoms with van der Waals surface area (Å²) in [6.07, 6.45) is 6.34. The molecule has 164 valence electrons. The van der Waals surface area contributed by atoms with Gasteiger partial charge in [-0.3, -0.25) is 19.8 Å². The highest BCUT2D eigenvalue weighted by Gasteiger charge is 2.46. The summed E-state index contributed by atoms with van der Waals surface area (Å²) in [5.41, 5.74) is 2.98. The number of rotatable bonds is 2. The van der Waals surface area contributed by atoms with Crippen LogP contribution in [0.5, 0.6) is 0 Å². The molecule has 5 heterocycles. The van der Waals surface area contributed by atoms with E-state index in [1.165, 1.54) is 12.3 Å². The van der Waals surface area contributed by atoms with E-state index in [2.05, 4.69) is 33.6 Å². The lowest BCUT2D eigenvalue weighted by Gasteiger charge is -2.39. The second kappa shape index (κ2) is 7.55. The minimum atomic E-state index is -0.295. The Morgan fingerprint density at radius 3 is 2.58 bits per heavy atom. The molecule has 6 nitrogen and oxygen atoms in total. The summed E-state index contributed by atoms with van der Waals surface area (Å²) < 4.78 is 13.1. The van der Waals surface area contributed by atoms with E-state index in [-0.39, 0.29) is 22.7 Å². The van der Waals surface area contributed by atoms with Crippen LogP contribution in [0.2, 0.25) is 0 Å². The SMILES string of the molecule is CC1(C)CN(C(=O)N2CCC3(CCN(Cc4ccc(F)cn4)CC3)C2)c2cccnc21. The van der Waals surface area contributed by atoms with E-state index in [4.69, 9.17) is 0 Å². The quantitative estimate of drug-likeness (QED) is 0.737. The number of carbonyl (C=O) groups excluding carboxylic acids is 1. The van der Waals surface area contributed by atoms with Gasteiger partial charge in [-0.1, -0.05) is 13.8 Å². The van der Waals surface area contributed by atoms with Crippen molar-refractivity contribution in [3.63, 3.8) is 0 Å². The van der Waals surface area contributed by atoms with Crippen LogP contribution in [0.25, 0.3) is 0 Å². The molecule has 0 aliphatic carbocycles. The summed E-state index contributed by atoms with van der Waals surface area (Å²) >= 11 is 0. The van der Waals surface area contributed by atoms with Gasteiger partial charge in [-0.2, -0.15) is 0 Å². The summed E-state index contributed by atoms with van der Waals surface area (Å²) in [4.78, 5) is 28.5. The first-order chi connectivity index (χ1) is 14.9. The zero-order chi connectivity index (χ0) is 21.6. The number of urea groups is 1. The maximum Gasteiger partial charge on any atom is 0.324 e. The molecule has 2 fully saturated rings. The van der Waals surface area contributed by atoms with Gasteiger partial charge in [0.2, 0.25) is 0 Å². The molecule has 0 saturated carbocycles. The summed E-state index contributed by atoms with van der Waals surface area (Å²) in [6, 6.07) is 7.29. The largest absolute Gasteiger partial charge is 0.324 e. The molecule has 2 saturated heterocycles. The van der Waals surface area contributed by atoms with Gasteiger partial charge in [-0.05, 0) is 62.0 Å². The van der Waals surface area contributed by atoms with Gasteiger partial charge in [0, 0.05) is 37.8 Å². The first-order valence-corrected chi connectivity index (χ1v) is 11.2. The number of anilines is 1. The fourth-order valence-corrected chi connectivity index (χ4v) is 5.45. The predicted molar refractivity (Wildman–Crippen MR) is 117 cm³/mol. The summed E-state index contributed by atoms with van der Waals surface area (Å²) in [5, 5.41) is 0. The second-order valence-corrected chi connectivity index (χ2v) is 10.0. The van der Waals surface area contributed by atoms with Crippen LogP contribution in [0.1, 0.15) is 44.5 Å². The van der Waals surface area contributed by atoms with Gasteiger partial charge in [-0.15, -0.1) is 0 Å². The number of piperidine rings is 1. The Morgan fingerprint density at radius 1 is 1.06 bits per heavy atom. The minimum Gasteiger partial charge on any atom is -0.324 e. The van der Waals surface area contributed by atoms with Crippen LogP contribution in [-0.2, 0) is 12.0 Å². The Morgan fingerprint density at radius 2 is 1.84 bits per heavy atom. The molecule has 0 atom stereocenters. The van der Waals surface area contributed by atoms with E-state index < -0.39 is 0 Å². The fraction of sp³-hybridized carbons (Fsp3) is 0.542. The number of carbonyl (C=O) groups is 1. The molecule has 3 aliphatic rings. The van der Waals surface area contributed by atoms with E-state index in [9.17, 15) is 9.18 Å². The molecule has 7 heteroatoms. The lowest BCUT2D eigenvalue weighted by Crippen LogP contribution is -2.46. The van der Waals surface area contributed by atoms with Crippen molar-refractivity contribution in [1.82, 2.24) is 19.8 Å². The molecule has 2 aromatic rings. The van der Waals surface area contributed by atoms with Crippen molar-refractivity contribution in [1.29, 1.82) is 0 Å². The second-order valence-electron chi connectivity index (χ2n) is 10.0. The van der Waals surface area contributed by atoms with E-state index >= 15 is 0 Å². The molecule has 0 unspecified atom stereocenters. The van der Waals surface area contributed by atoms with E-state index in [1.807, 2.05) is 23.2 Å². The van der Waals surface area contributed by atoms with Gasteiger partial charge >= 0.3 is 6.03 Å². The molecule has 2 aromatic heterocycles. The average molecular weight is 424 g/mol. The van der Waals surface area contributed by atoms with Crippen molar-refractivity contribution in [3.05, 3.63) is 53.9 Å². The number of aromatic nitrogens is 2. The summed E-state index contributed by atoms with van der Waals surface area (Å²) in [5.74, 6) is -0.295. The van der Waals surface area contributed by atoms with Gasteiger partial charge in [0.05, 0.1) is 23.3 Å². The normalized spacial score (nSPS) is 22.2. The van der Waals surface area contributed by atoms with Crippen molar-refractivity contribution in [2.45, 2.75) is 45.1 Å². The maximum absolute atomic E-state index is 13.4. The predicted octanol–water partition coefficient (Wildman–Crippen LogP) is 3.82. The number of hydrogen-bond acceptors (Lipinski definition) is 4. The highest BCUT2D eigenvalue weighted by atomic mass is 19.1. The zero-order valence-electron chi connectivity index (χ0n) is 18.4. The minimum absolute atomic E-state index is 0.120. The van der Waals surface area contributed by atoms with Crippen molar-refractivity contribution in [3.8, 4) is 0 Å². The number of amides is 2. The molecule has 0 aromatic carbocycles. The molecule has 0 bridgehead atoms. The fourth-order valence-electron chi connectivity index (χ4n) is 5.45. The Hall–Kier alpha value is -2.54. The lowest BCUT2D eigenvalue weighted by atomic mass is 9.78. The van der Waals surface area contributed by atoms with Crippen LogP contribution in [0.4, 0.5) is 14.9 Å². The van der Waals surface area contributed by atoms with Crippen LogP contribution >= 0.6 is 0 Å². The molecular weight excluding hydrogens is 393 g/mol. The standard InChI is InChI=1S/C24H30FN5O/c1-23(2)16-30(20-4-3-10-26-21(20)23)22(31)29-13-9-24(17-29)7-11-28(12-8-24)15-19-6-5-18(25)14-27-19/h3-6,10,14H,7-9,11-13,15-17H2,1-2H3. The Labute approximate surface area is 183 Å². The number of likely N-dealkylation sites (tertiary alicyclic amines) is 2. The van der Waals surface area contributed by atoms with Crippen LogP contribution in [0.3, 0.4) is 0 Å². The third-order valence-electron chi connectivity index (χ3n) is 7.30. The van der Waals surface area contributed by atoms with Crippen LogP contribution in [0.15, 0.2) is 36.7 Å². The summed E-state index contributed by atoms with van der Waals surface area (Å²) in [7, 11) is 0. The van der Waals surface area contributed by atoms with Crippen LogP contribution in [-0.4, -0.2) is 58.5 Å². The molecule has 0 radical (unpaired) electrons. The molecular formula is C24H30FN5O. The number of halogens is 1. The number of fused-ring (bicyclic) bond motifs is 1. The van der Waals surface area contributed by atoms with Crippen molar-refractivity contribution >= 4 is 11.7 Å². The van der Waals surface area contributed by atoms with Crippen molar-refractivity contribution < 1.29 is 9.18 Å². The van der Waals surface area contributed by atoms with Crippen LogP contribution < -0.4 is 4.90 Å². The molecule has 2 amide bonds. The van der Waals surface area contributed by atoms with Crippen LogP contribution in [0, 0.1) is 11.2 Å². The average Bonchev–Trinajstić information content (AvgIpc) is 3.30. The molecule has 1 spiro atoms. The first-order valence-electron chi connectivity index (χ1n) is 11.2. The van der Waals surface area contributed by atoms with Gasteiger partial charge in [0.15, 0.2) is 0 Å². The third kappa shape index (κ3) is 3.80. The van der Waals surface area contributed by atoms with E-state index in [1.54, 1.807) is 6.07 Å². The Balaban J connectivity index is 1.21. The molecule has 3 aliphatic heterocycles. The van der Waals surface area contributed by atoms with E-state index in [0.717, 1.165) is 69.1 Å². The Bertz CT molecular complexity index is 968. The molecule has 0 N–H and O–H groups in total. The number of pyridine rings is 2. The topological polar surface area (TPSA) is 52.6 Å². The maximum atomic E-state index is 13.4. The van der Waals surface area contributed by atoms with Gasteiger partial charge < -0.3 is 4.90 Å². The van der Waals surface area contributed by atoms with Gasteiger partial charge in [-0.25, -0.2) is 9.18 Å². The summed E-state index contributed by atoms with van der Waals surface area (Å²) in [6.45, 7) is 9.39. The molecule has 31 heavy (non-hydrogen) atoms. The van der Waals surface area contributed by atoms with Crippen molar-refractivity contribution in [2.75, 3.05) is 37.6 Å². The zero-order valence-corrected chi connectivity index (χ0v) is 18.4. The highest BCUT2D eigenvalue weighted by molar-refractivity contribution is 5.94. The highest BCUT2D eigenvalue weighted by Crippen LogP contribution is 2.43. The van der Waals surface area contributed by atoms with E-state index in [0.29, 0.717) is 6.54 Å². The lowest BCUT2D eigenvalue weighted by molar-refractivity contribution is 0.104. The van der Waals surface area contributed by atoms with Crippen molar-refractivity contribution in [2.24, 2.45) is 5.41 Å². The number of hydrogen-bond donors (Lipinski definition) is 0. The van der Waals surface area contributed by atoms with Gasteiger partial charge in [0.25, 0.3) is 0 Å². The smallest absolute Gasteiger partial charge is 0.324 e. The number of nitrogens with zero attached hydrogens (tertiary/aromatic N) is 5. The third-order valence-corrected chi connectivity index (χ3v) is 7.30.